The monoisotopic (exact) mass is 170 g/mol. The SMILES string of the molecule is O=C1NCC2(CCNCC2)C1O. The Hall–Kier alpha value is -0.610. The van der Waals surface area contributed by atoms with Crippen molar-refractivity contribution in [3.05, 3.63) is 0 Å². The lowest BCUT2D eigenvalue weighted by Gasteiger charge is -2.34. The highest BCUT2D eigenvalue weighted by Gasteiger charge is 2.47. The third-order valence-electron chi connectivity index (χ3n) is 3.04. The van der Waals surface area contributed by atoms with Crippen LogP contribution in [0, 0.1) is 5.41 Å². The minimum atomic E-state index is -0.778. The quantitative estimate of drug-likeness (QED) is 0.430. The molecule has 0 aliphatic carbocycles. The largest absolute Gasteiger partial charge is 0.383 e. The van der Waals surface area contributed by atoms with Gasteiger partial charge in [-0.25, -0.2) is 0 Å². The lowest BCUT2D eigenvalue weighted by molar-refractivity contribution is -0.129. The van der Waals surface area contributed by atoms with E-state index < -0.39 is 6.10 Å². The van der Waals surface area contributed by atoms with Crippen LogP contribution in [0.15, 0.2) is 0 Å². The summed E-state index contributed by atoms with van der Waals surface area (Å²) in [5, 5.41) is 15.6. The van der Waals surface area contributed by atoms with Crippen molar-refractivity contribution in [3.63, 3.8) is 0 Å². The lowest BCUT2D eigenvalue weighted by atomic mass is 9.76. The Morgan fingerprint density at radius 1 is 1.42 bits per heavy atom. The van der Waals surface area contributed by atoms with Gasteiger partial charge in [-0.1, -0.05) is 0 Å². The molecule has 0 saturated carbocycles. The summed E-state index contributed by atoms with van der Waals surface area (Å²) in [5.41, 5.74) is -0.164. The molecule has 1 atom stereocenters. The van der Waals surface area contributed by atoms with Gasteiger partial charge in [0.05, 0.1) is 0 Å². The molecule has 1 unspecified atom stereocenters. The van der Waals surface area contributed by atoms with E-state index >= 15 is 0 Å². The van der Waals surface area contributed by atoms with Crippen LogP contribution in [0.2, 0.25) is 0 Å². The zero-order valence-corrected chi connectivity index (χ0v) is 6.97. The van der Waals surface area contributed by atoms with E-state index in [9.17, 15) is 9.90 Å². The summed E-state index contributed by atoms with van der Waals surface area (Å²) in [6.07, 6.45) is 1.01. The molecular formula is C8H14N2O2. The summed E-state index contributed by atoms with van der Waals surface area (Å²) in [7, 11) is 0. The molecule has 0 bridgehead atoms. The zero-order chi connectivity index (χ0) is 8.60. The van der Waals surface area contributed by atoms with E-state index in [-0.39, 0.29) is 11.3 Å². The van der Waals surface area contributed by atoms with E-state index in [0.29, 0.717) is 6.54 Å². The van der Waals surface area contributed by atoms with Crippen LogP contribution < -0.4 is 10.6 Å². The second-order valence-corrected chi connectivity index (χ2v) is 3.73. The van der Waals surface area contributed by atoms with Gasteiger partial charge in [0.25, 0.3) is 0 Å². The number of nitrogens with one attached hydrogen (secondary N) is 2. The van der Waals surface area contributed by atoms with Crippen molar-refractivity contribution in [1.29, 1.82) is 0 Å². The van der Waals surface area contributed by atoms with Crippen LogP contribution in [0.1, 0.15) is 12.8 Å². The van der Waals surface area contributed by atoms with Gasteiger partial charge >= 0.3 is 0 Å². The van der Waals surface area contributed by atoms with Gasteiger partial charge in [0.1, 0.15) is 6.10 Å². The summed E-state index contributed by atoms with van der Waals surface area (Å²) in [6.45, 7) is 2.46. The maximum absolute atomic E-state index is 11.1. The molecule has 68 valence electrons. The summed E-state index contributed by atoms with van der Waals surface area (Å²) < 4.78 is 0. The molecule has 0 aromatic carbocycles. The number of aliphatic hydroxyl groups is 1. The number of carbonyl (C=O) groups excluding carboxylic acids is 1. The number of aliphatic hydroxyl groups excluding tert-OH is 1. The maximum atomic E-state index is 11.1. The van der Waals surface area contributed by atoms with Gasteiger partial charge < -0.3 is 15.7 Å². The van der Waals surface area contributed by atoms with Gasteiger partial charge in [0.15, 0.2) is 0 Å². The van der Waals surface area contributed by atoms with Crippen molar-refractivity contribution < 1.29 is 9.90 Å². The van der Waals surface area contributed by atoms with E-state index in [1.54, 1.807) is 0 Å². The van der Waals surface area contributed by atoms with E-state index in [0.717, 1.165) is 25.9 Å². The molecule has 1 spiro atoms. The van der Waals surface area contributed by atoms with Crippen molar-refractivity contribution in [1.82, 2.24) is 10.6 Å². The Labute approximate surface area is 71.3 Å². The number of rotatable bonds is 0. The van der Waals surface area contributed by atoms with Gasteiger partial charge in [-0.05, 0) is 25.9 Å². The number of amides is 1. The Kier molecular flexibility index (Phi) is 1.81. The first-order valence-electron chi connectivity index (χ1n) is 4.41. The second-order valence-electron chi connectivity index (χ2n) is 3.73. The molecule has 0 aromatic heterocycles. The van der Waals surface area contributed by atoms with E-state index in [2.05, 4.69) is 10.6 Å². The molecule has 0 radical (unpaired) electrons. The van der Waals surface area contributed by atoms with Crippen LogP contribution in [0.25, 0.3) is 0 Å². The van der Waals surface area contributed by atoms with Crippen LogP contribution in [0.5, 0.6) is 0 Å². The minimum Gasteiger partial charge on any atom is -0.383 e. The van der Waals surface area contributed by atoms with Crippen LogP contribution in [0.4, 0.5) is 0 Å². The van der Waals surface area contributed by atoms with Crippen molar-refractivity contribution in [3.8, 4) is 0 Å². The van der Waals surface area contributed by atoms with Gasteiger partial charge in [-0.3, -0.25) is 4.79 Å². The number of piperidine rings is 1. The highest BCUT2D eigenvalue weighted by Crippen LogP contribution is 2.35. The molecule has 2 aliphatic rings. The molecule has 4 nitrogen and oxygen atoms in total. The summed E-state index contributed by atoms with van der Waals surface area (Å²) in [5.74, 6) is -0.197. The fourth-order valence-electron chi connectivity index (χ4n) is 2.11. The van der Waals surface area contributed by atoms with E-state index in [4.69, 9.17) is 0 Å². The van der Waals surface area contributed by atoms with E-state index in [1.807, 2.05) is 0 Å². The third-order valence-corrected chi connectivity index (χ3v) is 3.04. The first-order chi connectivity index (χ1) is 5.75. The topological polar surface area (TPSA) is 61.4 Å². The normalized spacial score (nSPS) is 33.8. The molecule has 2 heterocycles. The average molecular weight is 170 g/mol. The number of hydrogen-bond acceptors (Lipinski definition) is 3. The second kappa shape index (κ2) is 2.71. The first-order valence-corrected chi connectivity index (χ1v) is 4.41. The zero-order valence-electron chi connectivity index (χ0n) is 6.97. The Morgan fingerprint density at radius 3 is 2.58 bits per heavy atom. The van der Waals surface area contributed by atoms with Gasteiger partial charge in [-0.15, -0.1) is 0 Å². The maximum Gasteiger partial charge on any atom is 0.249 e. The van der Waals surface area contributed by atoms with Crippen molar-refractivity contribution >= 4 is 5.91 Å². The predicted molar refractivity (Wildman–Crippen MR) is 43.6 cm³/mol. The fraction of sp³-hybridized carbons (Fsp3) is 0.875. The standard InChI is InChI=1S/C8H14N2O2/c11-6-7(12)10-5-8(6)1-3-9-4-2-8/h6,9,11H,1-5H2,(H,10,12). The highest BCUT2D eigenvalue weighted by molar-refractivity contribution is 5.84. The first kappa shape index (κ1) is 8.01. The predicted octanol–water partition coefficient (Wildman–Crippen LogP) is -1.15. The third kappa shape index (κ3) is 1.03. The summed E-state index contributed by atoms with van der Waals surface area (Å²) in [6, 6.07) is 0. The van der Waals surface area contributed by atoms with E-state index in [1.165, 1.54) is 0 Å². The molecule has 2 fully saturated rings. The average Bonchev–Trinajstić information content (AvgIpc) is 2.37. The van der Waals surface area contributed by atoms with Crippen LogP contribution >= 0.6 is 0 Å². The molecule has 2 rings (SSSR count). The Morgan fingerprint density at radius 2 is 2.08 bits per heavy atom. The minimum absolute atomic E-state index is 0.164. The smallest absolute Gasteiger partial charge is 0.249 e. The molecule has 4 heteroatoms. The van der Waals surface area contributed by atoms with Gasteiger partial charge in [-0.2, -0.15) is 0 Å². The van der Waals surface area contributed by atoms with Crippen molar-refractivity contribution in [2.75, 3.05) is 19.6 Å². The van der Waals surface area contributed by atoms with Gasteiger partial charge in [0.2, 0.25) is 5.91 Å². The van der Waals surface area contributed by atoms with Crippen molar-refractivity contribution in [2.45, 2.75) is 18.9 Å². The van der Waals surface area contributed by atoms with Crippen LogP contribution in [0.3, 0.4) is 0 Å². The Bertz CT molecular complexity index is 199. The van der Waals surface area contributed by atoms with Crippen LogP contribution in [-0.2, 0) is 4.79 Å². The molecule has 12 heavy (non-hydrogen) atoms. The molecule has 3 N–H and O–H groups in total. The number of hydrogen-bond donors (Lipinski definition) is 3. The fourth-order valence-corrected chi connectivity index (χ4v) is 2.11. The lowest BCUT2D eigenvalue weighted by Crippen LogP contribution is -2.44. The molecule has 0 aromatic rings. The van der Waals surface area contributed by atoms with Gasteiger partial charge in [0, 0.05) is 12.0 Å². The highest BCUT2D eigenvalue weighted by atomic mass is 16.3. The van der Waals surface area contributed by atoms with Crippen molar-refractivity contribution in [2.24, 2.45) is 5.41 Å². The van der Waals surface area contributed by atoms with Crippen LogP contribution in [-0.4, -0.2) is 36.8 Å². The Balaban J connectivity index is 2.14. The molecule has 1 amide bonds. The number of carbonyl (C=O) groups is 1. The molecule has 2 aliphatic heterocycles. The molecule has 2 saturated heterocycles. The summed E-state index contributed by atoms with van der Waals surface area (Å²) in [4.78, 5) is 11.1. The summed E-state index contributed by atoms with van der Waals surface area (Å²) >= 11 is 0. The molecular weight excluding hydrogens is 156 g/mol.